The highest BCUT2D eigenvalue weighted by molar-refractivity contribution is 7.91. The van der Waals surface area contributed by atoms with Gasteiger partial charge >= 0.3 is 0 Å². The zero-order valence-electron chi connectivity index (χ0n) is 8.65. The molecular weight excluding hydrogens is 271 g/mol. The smallest absolute Gasteiger partial charge is 0.152 e. The van der Waals surface area contributed by atoms with Gasteiger partial charge in [-0.25, -0.2) is 8.42 Å². The van der Waals surface area contributed by atoms with Crippen LogP contribution in [0.15, 0.2) is 18.2 Å². The maximum Gasteiger partial charge on any atom is 0.152 e. The molecule has 0 aliphatic heterocycles. The van der Waals surface area contributed by atoms with E-state index in [0.29, 0.717) is 10.6 Å². The molecule has 0 aliphatic carbocycles. The van der Waals surface area contributed by atoms with Gasteiger partial charge in [0.05, 0.1) is 11.9 Å². The van der Waals surface area contributed by atoms with Crippen molar-refractivity contribution in [2.24, 2.45) is 0 Å². The van der Waals surface area contributed by atoms with E-state index in [2.05, 4.69) is 0 Å². The second kappa shape index (κ2) is 5.36. The van der Waals surface area contributed by atoms with E-state index in [-0.39, 0.29) is 16.5 Å². The molecule has 90 valence electrons. The van der Waals surface area contributed by atoms with Crippen LogP contribution in [-0.4, -0.2) is 25.0 Å². The summed E-state index contributed by atoms with van der Waals surface area (Å²) in [7, 11) is -3.24. The zero-order chi connectivity index (χ0) is 12.3. The van der Waals surface area contributed by atoms with Crippen LogP contribution in [-0.2, 0) is 9.84 Å². The maximum absolute atomic E-state index is 11.3. The highest BCUT2D eigenvalue weighted by Crippen LogP contribution is 2.27. The SMILES string of the molecule is CCS(=O)(=O)C[C@H](O)c1ccc(Cl)cc1Cl. The van der Waals surface area contributed by atoms with Crippen molar-refractivity contribution in [3.8, 4) is 0 Å². The lowest BCUT2D eigenvalue weighted by Gasteiger charge is -2.12. The molecule has 0 aromatic heterocycles. The van der Waals surface area contributed by atoms with Gasteiger partial charge in [0.15, 0.2) is 9.84 Å². The molecule has 1 N–H and O–H groups in total. The largest absolute Gasteiger partial charge is 0.387 e. The van der Waals surface area contributed by atoms with Gasteiger partial charge in [-0.3, -0.25) is 0 Å². The summed E-state index contributed by atoms with van der Waals surface area (Å²) in [6.45, 7) is 1.53. The monoisotopic (exact) mass is 282 g/mol. The van der Waals surface area contributed by atoms with Gasteiger partial charge in [-0.15, -0.1) is 0 Å². The second-order valence-corrected chi connectivity index (χ2v) is 6.62. The molecule has 0 radical (unpaired) electrons. The van der Waals surface area contributed by atoms with Gasteiger partial charge < -0.3 is 5.11 Å². The van der Waals surface area contributed by atoms with Crippen LogP contribution in [0.4, 0.5) is 0 Å². The average molecular weight is 283 g/mol. The Morgan fingerprint density at radius 2 is 2.00 bits per heavy atom. The molecule has 6 heteroatoms. The van der Waals surface area contributed by atoms with Crippen LogP contribution in [0.3, 0.4) is 0 Å². The highest BCUT2D eigenvalue weighted by atomic mass is 35.5. The molecule has 1 atom stereocenters. The molecule has 1 aromatic rings. The van der Waals surface area contributed by atoms with Crippen molar-refractivity contribution in [3.05, 3.63) is 33.8 Å². The topological polar surface area (TPSA) is 54.4 Å². The van der Waals surface area contributed by atoms with E-state index in [1.54, 1.807) is 6.07 Å². The number of halogens is 2. The summed E-state index contributed by atoms with van der Waals surface area (Å²) in [5.74, 6) is -0.333. The van der Waals surface area contributed by atoms with Crippen molar-refractivity contribution in [1.29, 1.82) is 0 Å². The summed E-state index contributed by atoms with van der Waals surface area (Å²) in [5, 5.41) is 10.5. The van der Waals surface area contributed by atoms with Gasteiger partial charge in [0, 0.05) is 21.4 Å². The van der Waals surface area contributed by atoms with Gasteiger partial charge in [-0.1, -0.05) is 36.2 Å². The van der Waals surface area contributed by atoms with Crippen molar-refractivity contribution >= 4 is 33.0 Å². The first-order chi connectivity index (χ1) is 7.35. The van der Waals surface area contributed by atoms with E-state index >= 15 is 0 Å². The second-order valence-electron chi connectivity index (χ2n) is 3.38. The lowest BCUT2D eigenvalue weighted by molar-refractivity contribution is 0.202. The molecule has 0 saturated carbocycles. The highest BCUT2D eigenvalue weighted by Gasteiger charge is 2.19. The minimum atomic E-state index is -3.24. The van der Waals surface area contributed by atoms with Crippen LogP contribution in [0.25, 0.3) is 0 Å². The third-order valence-electron chi connectivity index (χ3n) is 2.17. The zero-order valence-corrected chi connectivity index (χ0v) is 11.0. The Morgan fingerprint density at radius 3 is 2.50 bits per heavy atom. The molecule has 0 heterocycles. The van der Waals surface area contributed by atoms with Gasteiger partial charge in [-0.2, -0.15) is 0 Å². The Balaban J connectivity index is 2.93. The molecule has 1 aromatic carbocycles. The Labute approximate surface area is 105 Å². The number of aliphatic hydroxyl groups excluding tert-OH is 1. The fraction of sp³-hybridized carbons (Fsp3) is 0.400. The fourth-order valence-electron chi connectivity index (χ4n) is 1.22. The number of hydrogen-bond acceptors (Lipinski definition) is 3. The molecule has 16 heavy (non-hydrogen) atoms. The van der Waals surface area contributed by atoms with Crippen LogP contribution < -0.4 is 0 Å². The minimum Gasteiger partial charge on any atom is -0.387 e. The number of hydrogen-bond donors (Lipinski definition) is 1. The van der Waals surface area contributed by atoms with Gasteiger partial charge in [0.25, 0.3) is 0 Å². The summed E-state index contributed by atoms with van der Waals surface area (Å²) >= 11 is 11.6. The average Bonchev–Trinajstić information content (AvgIpc) is 2.16. The minimum absolute atomic E-state index is 0.00469. The first-order valence-corrected chi connectivity index (χ1v) is 7.27. The van der Waals surface area contributed by atoms with Crippen LogP contribution in [0.1, 0.15) is 18.6 Å². The molecule has 0 unspecified atom stereocenters. The summed E-state index contributed by atoms with van der Waals surface area (Å²) < 4.78 is 22.7. The molecule has 3 nitrogen and oxygen atoms in total. The molecule has 0 saturated heterocycles. The Kier molecular flexibility index (Phi) is 4.62. The standard InChI is InChI=1S/C10H12Cl2O3S/c1-2-16(14,15)6-10(13)8-4-3-7(11)5-9(8)12/h3-5,10,13H,2,6H2,1H3/t10-/m0/s1. The van der Waals surface area contributed by atoms with E-state index < -0.39 is 15.9 Å². The normalized spacial score (nSPS) is 13.8. The molecule has 0 amide bonds. The van der Waals surface area contributed by atoms with E-state index in [9.17, 15) is 13.5 Å². The fourth-order valence-corrected chi connectivity index (χ4v) is 2.65. The number of aliphatic hydroxyl groups is 1. The maximum atomic E-state index is 11.3. The van der Waals surface area contributed by atoms with Crippen LogP contribution in [0, 0.1) is 0 Å². The third kappa shape index (κ3) is 3.63. The van der Waals surface area contributed by atoms with Crippen molar-refractivity contribution in [2.45, 2.75) is 13.0 Å². The number of benzene rings is 1. The summed E-state index contributed by atoms with van der Waals surface area (Å²) in [6.07, 6.45) is -1.12. The number of rotatable bonds is 4. The predicted molar refractivity (Wildman–Crippen MR) is 65.7 cm³/mol. The third-order valence-corrected chi connectivity index (χ3v) is 4.44. The Morgan fingerprint density at radius 1 is 1.38 bits per heavy atom. The van der Waals surface area contributed by atoms with Crippen LogP contribution in [0.5, 0.6) is 0 Å². The van der Waals surface area contributed by atoms with E-state index in [1.807, 2.05) is 0 Å². The number of sulfone groups is 1. The molecule has 0 fully saturated rings. The Hall–Kier alpha value is -0.290. The van der Waals surface area contributed by atoms with Crippen molar-refractivity contribution in [2.75, 3.05) is 11.5 Å². The lowest BCUT2D eigenvalue weighted by atomic mass is 10.1. The Bertz CT molecular complexity index is 471. The molecule has 0 bridgehead atoms. The molecular formula is C10H12Cl2O3S. The van der Waals surface area contributed by atoms with E-state index in [0.717, 1.165) is 0 Å². The van der Waals surface area contributed by atoms with Gasteiger partial charge in [0.1, 0.15) is 0 Å². The molecule has 1 rings (SSSR count). The van der Waals surface area contributed by atoms with Gasteiger partial charge in [-0.05, 0) is 12.1 Å². The van der Waals surface area contributed by atoms with E-state index in [1.165, 1.54) is 19.1 Å². The van der Waals surface area contributed by atoms with Crippen LogP contribution in [0.2, 0.25) is 10.0 Å². The summed E-state index contributed by atoms with van der Waals surface area (Å²) in [5.41, 5.74) is 0.378. The summed E-state index contributed by atoms with van der Waals surface area (Å²) in [6, 6.07) is 4.56. The summed E-state index contributed by atoms with van der Waals surface area (Å²) in [4.78, 5) is 0. The van der Waals surface area contributed by atoms with E-state index in [4.69, 9.17) is 23.2 Å². The molecule has 0 aliphatic rings. The van der Waals surface area contributed by atoms with Crippen molar-refractivity contribution in [3.63, 3.8) is 0 Å². The predicted octanol–water partition coefficient (Wildman–Crippen LogP) is 2.46. The molecule has 0 spiro atoms. The quantitative estimate of drug-likeness (QED) is 0.923. The lowest BCUT2D eigenvalue weighted by Crippen LogP contribution is -2.16. The first-order valence-electron chi connectivity index (χ1n) is 4.69. The van der Waals surface area contributed by atoms with Gasteiger partial charge in [0.2, 0.25) is 0 Å². The van der Waals surface area contributed by atoms with Crippen LogP contribution >= 0.6 is 23.2 Å². The first kappa shape index (κ1) is 13.8. The van der Waals surface area contributed by atoms with Crippen molar-refractivity contribution in [1.82, 2.24) is 0 Å². The van der Waals surface area contributed by atoms with Crippen molar-refractivity contribution < 1.29 is 13.5 Å².